The smallest absolute Gasteiger partial charge is 0.287 e. The Bertz CT molecular complexity index is 1100. The number of nitrogens with one attached hydrogen (secondary N) is 1. The molecule has 1 amide bonds. The molecule has 1 unspecified atom stereocenters. The number of ether oxygens (including phenoxy) is 2. The van der Waals surface area contributed by atoms with E-state index in [-0.39, 0.29) is 24.3 Å². The maximum absolute atomic E-state index is 12.7. The van der Waals surface area contributed by atoms with Crippen LogP contribution >= 0.6 is 0 Å². The van der Waals surface area contributed by atoms with Crippen LogP contribution in [-0.2, 0) is 6.61 Å². The molecule has 1 atom stereocenters. The van der Waals surface area contributed by atoms with Crippen LogP contribution in [0.5, 0.6) is 11.5 Å². The topological polar surface area (TPSA) is 87.7 Å². The van der Waals surface area contributed by atoms with Gasteiger partial charge in [0.1, 0.15) is 23.9 Å². The van der Waals surface area contributed by atoms with Crippen LogP contribution < -0.4 is 19.7 Å². The number of para-hydroxylation sites is 2. The summed E-state index contributed by atoms with van der Waals surface area (Å²) in [6, 6.07) is 20.2. The first-order valence-electron chi connectivity index (χ1n) is 10.6. The van der Waals surface area contributed by atoms with Crippen molar-refractivity contribution in [2.24, 2.45) is 0 Å². The van der Waals surface area contributed by atoms with Crippen molar-refractivity contribution in [3.8, 4) is 17.6 Å². The first-order valence-corrected chi connectivity index (χ1v) is 10.6. The van der Waals surface area contributed by atoms with Crippen LogP contribution in [0.1, 0.15) is 34.7 Å². The van der Waals surface area contributed by atoms with E-state index in [1.165, 1.54) is 0 Å². The minimum atomic E-state index is -0.235. The van der Waals surface area contributed by atoms with E-state index in [0.717, 1.165) is 30.8 Å². The van der Waals surface area contributed by atoms with Crippen LogP contribution in [-0.4, -0.2) is 32.1 Å². The van der Waals surface area contributed by atoms with E-state index in [2.05, 4.69) is 16.3 Å². The Hall–Kier alpha value is -3.92. The third-order valence-corrected chi connectivity index (χ3v) is 5.43. The number of piperidine rings is 1. The third-order valence-electron chi connectivity index (χ3n) is 5.43. The molecule has 3 aromatic rings. The van der Waals surface area contributed by atoms with Crippen molar-refractivity contribution in [2.45, 2.75) is 25.5 Å². The highest BCUT2D eigenvalue weighted by atomic mass is 16.5. The maximum Gasteiger partial charge on any atom is 0.287 e. The number of benzene rings is 2. The number of carbonyl (C=O) groups excluding carboxylic acids is 1. The van der Waals surface area contributed by atoms with Gasteiger partial charge >= 0.3 is 0 Å². The number of hydrogen-bond acceptors (Lipinski definition) is 6. The monoisotopic (exact) mass is 431 g/mol. The number of nitrogens with zero attached hydrogens (tertiary/aromatic N) is 2. The number of anilines is 1. The quantitative estimate of drug-likeness (QED) is 0.605. The Morgan fingerprint density at radius 3 is 2.78 bits per heavy atom. The molecule has 0 spiro atoms. The molecule has 2 aromatic carbocycles. The van der Waals surface area contributed by atoms with Crippen molar-refractivity contribution in [1.82, 2.24) is 5.32 Å². The molecular formula is C25H25N3O4. The molecule has 1 aliphatic rings. The molecule has 7 heteroatoms. The van der Waals surface area contributed by atoms with Crippen LogP contribution in [0.3, 0.4) is 0 Å². The number of hydrogen-bond donors (Lipinski definition) is 1. The first-order chi connectivity index (χ1) is 15.7. The number of furan rings is 1. The van der Waals surface area contributed by atoms with E-state index in [9.17, 15) is 4.79 Å². The highest BCUT2D eigenvalue weighted by molar-refractivity contribution is 5.91. The summed E-state index contributed by atoms with van der Waals surface area (Å²) in [6.07, 6.45) is 1.89. The predicted molar refractivity (Wildman–Crippen MR) is 120 cm³/mol. The van der Waals surface area contributed by atoms with Gasteiger partial charge in [0.25, 0.3) is 5.91 Å². The average Bonchev–Trinajstić information content (AvgIpc) is 3.32. The van der Waals surface area contributed by atoms with Gasteiger partial charge in [-0.2, -0.15) is 5.26 Å². The van der Waals surface area contributed by atoms with E-state index in [1.807, 2.05) is 24.3 Å². The van der Waals surface area contributed by atoms with Gasteiger partial charge in [-0.05, 0) is 61.4 Å². The SMILES string of the molecule is COc1ccccc1N1CCCC(NC(=O)c2ccc(COc3ccc(C#N)cc3)o2)C1. The van der Waals surface area contributed by atoms with Gasteiger partial charge < -0.3 is 24.1 Å². The lowest BCUT2D eigenvalue weighted by molar-refractivity contribution is 0.0901. The minimum absolute atomic E-state index is 0.0182. The predicted octanol–water partition coefficient (Wildman–Crippen LogP) is 4.14. The summed E-state index contributed by atoms with van der Waals surface area (Å²) in [4.78, 5) is 15.0. The number of carbonyl (C=O) groups is 1. The van der Waals surface area contributed by atoms with Crippen molar-refractivity contribution < 1.29 is 18.7 Å². The van der Waals surface area contributed by atoms with Gasteiger partial charge in [0, 0.05) is 19.1 Å². The zero-order chi connectivity index (χ0) is 22.3. The highest BCUT2D eigenvalue weighted by Crippen LogP contribution is 2.30. The van der Waals surface area contributed by atoms with Crippen molar-refractivity contribution in [2.75, 3.05) is 25.1 Å². The van der Waals surface area contributed by atoms with E-state index in [4.69, 9.17) is 19.2 Å². The molecule has 0 radical (unpaired) electrons. The Labute approximate surface area is 187 Å². The molecule has 32 heavy (non-hydrogen) atoms. The fourth-order valence-corrected chi connectivity index (χ4v) is 3.82. The molecule has 0 saturated carbocycles. The van der Waals surface area contributed by atoms with Gasteiger partial charge in [-0.15, -0.1) is 0 Å². The van der Waals surface area contributed by atoms with Gasteiger partial charge in [-0.3, -0.25) is 4.79 Å². The normalized spacial score (nSPS) is 15.6. The van der Waals surface area contributed by atoms with Crippen LogP contribution in [0.25, 0.3) is 0 Å². The Kier molecular flexibility index (Phi) is 6.61. The second-order valence-electron chi connectivity index (χ2n) is 7.62. The third kappa shape index (κ3) is 5.03. The first kappa shape index (κ1) is 21.3. The molecule has 1 N–H and O–H groups in total. The Balaban J connectivity index is 1.32. The summed E-state index contributed by atoms with van der Waals surface area (Å²) < 4.78 is 16.8. The highest BCUT2D eigenvalue weighted by Gasteiger charge is 2.24. The fraction of sp³-hybridized carbons (Fsp3) is 0.280. The molecule has 0 bridgehead atoms. The molecule has 2 heterocycles. The molecular weight excluding hydrogens is 406 g/mol. The van der Waals surface area contributed by atoms with Crippen LogP contribution in [0.15, 0.2) is 65.1 Å². The van der Waals surface area contributed by atoms with Gasteiger partial charge in [0.15, 0.2) is 5.76 Å². The van der Waals surface area contributed by atoms with Crippen LogP contribution in [0.2, 0.25) is 0 Å². The average molecular weight is 431 g/mol. The van der Waals surface area contributed by atoms with E-state index in [1.54, 1.807) is 43.5 Å². The largest absolute Gasteiger partial charge is 0.495 e. The standard InChI is InChI=1S/C25H25N3O4/c1-30-23-7-3-2-6-22(23)28-14-4-5-19(16-28)27-25(29)24-13-12-21(32-24)17-31-20-10-8-18(15-26)9-11-20/h2-3,6-13,19H,4-5,14,16-17H2,1H3,(H,27,29). The molecule has 1 fully saturated rings. The molecule has 1 saturated heterocycles. The van der Waals surface area contributed by atoms with Crippen molar-refractivity contribution in [3.63, 3.8) is 0 Å². The Morgan fingerprint density at radius 1 is 1.19 bits per heavy atom. The molecule has 0 aliphatic carbocycles. The zero-order valence-electron chi connectivity index (χ0n) is 17.9. The molecule has 7 nitrogen and oxygen atoms in total. The number of methoxy groups -OCH3 is 1. The number of amides is 1. The molecule has 1 aromatic heterocycles. The second-order valence-corrected chi connectivity index (χ2v) is 7.62. The lowest BCUT2D eigenvalue weighted by Gasteiger charge is -2.35. The van der Waals surface area contributed by atoms with E-state index < -0.39 is 0 Å². The van der Waals surface area contributed by atoms with Crippen LogP contribution in [0.4, 0.5) is 5.69 Å². The zero-order valence-corrected chi connectivity index (χ0v) is 17.9. The van der Waals surface area contributed by atoms with Crippen LogP contribution in [0, 0.1) is 11.3 Å². The summed E-state index contributed by atoms with van der Waals surface area (Å²) in [6.45, 7) is 1.83. The number of nitriles is 1. The van der Waals surface area contributed by atoms with Gasteiger partial charge in [-0.25, -0.2) is 0 Å². The number of rotatable bonds is 7. The van der Waals surface area contributed by atoms with Gasteiger partial charge in [0.05, 0.1) is 24.4 Å². The summed E-state index contributed by atoms with van der Waals surface area (Å²) in [5.41, 5.74) is 1.61. The van der Waals surface area contributed by atoms with Crippen molar-refractivity contribution in [3.05, 3.63) is 77.7 Å². The molecule has 4 rings (SSSR count). The van der Waals surface area contributed by atoms with E-state index in [0.29, 0.717) is 23.6 Å². The fourth-order valence-electron chi connectivity index (χ4n) is 3.82. The molecule has 1 aliphatic heterocycles. The van der Waals surface area contributed by atoms with E-state index >= 15 is 0 Å². The summed E-state index contributed by atoms with van der Waals surface area (Å²) in [5.74, 6) is 2.04. The minimum Gasteiger partial charge on any atom is -0.495 e. The van der Waals surface area contributed by atoms with Gasteiger partial charge in [0.2, 0.25) is 0 Å². The van der Waals surface area contributed by atoms with Crippen molar-refractivity contribution >= 4 is 11.6 Å². The lowest BCUT2D eigenvalue weighted by atomic mass is 10.0. The summed E-state index contributed by atoms with van der Waals surface area (Å²) >= 11 is 0. The summed E-state index contributed by atoms with van der Waals surface area (Å²) in [5, 5.41) is 11.9. The molecule has 164 valence electrons. The summed E-state index contributed by atoms with van der Waals surface area (Å²) in [7, 11) is 1.67. The van der Waals surface area contributed by atoms with Gasteiger partial charge in [-0.1, -0.05) is 12.1 Å². The maximum atomic E-state index is 12.7. The lowest BCUT2D eigenvalue weighted by Crippen LogP contribution is -2.47. The Morgan fingerprint density at radius 2 is 2.00 bits per heavy atom. The second kappa shape index (κ2) is 9.92. The van der Waals surface area contributed by atoms with Crippen molar-refractivity contribution in [1.29, 1.82) is 5.26 Å².